The minimum atomic E-state index is -3.95. The van der Waals surface area contributed by atoms with E-state index in [1.54, 1.807) is 48.5 Å². The summed E-state index contributed by atoms with van der Waals surface area (Å²) in [6, 6.07) is 21.8. The summed E-state index contributed by atoms with van der Waals surface area (Å²) in [5.41, 5.74) is 0.727. The van der Waals surface area contributed by atoms with Crippen LogP contribution in [-0.2, 0) is 27.9 Å². The maximum Gasteiger partial charge on any atom is 0.244 e. The molecule has 6 nitrogen and oxygen atoms in total. The Balaban J connectivity index is 1.63. The van der Waals surface area contributed by atoms with E-state index in [0.29, 0.717) is 17.6 Å². The molecule has 1 amide bonds. The van der Waals surface area contributed by atoms with Crippen LogP contribution in [0.4, 0.5) is 4.39 Å². The zero-order valence-electron chi connectivity index (χ0n) is 19.4. The summed E-state index contributed by atoms with van der Waals surface area (Å²) in [5, 5.41) is 1.43. The lowest BCUT2D eigenvalue weighted by atomic mass is 10.1. The molecule has 0 saturated carbocycles. The average Bonchev–Trinajstić information content (AvgIpc) is 3.37. The van der Waals surface area contributed by atoms with E-state index in [9.17, 15) is 17.6 Å². The molecule has 0 bridgehead atoms. The van der Waals surface area contributed by atoms with E-state index >= 15 is 0 Å². The molecule has 0 N–H and O–H groups in total. The minimum absolute atomic E-state index is 0.164. The van der Waals surface area contributed by atoms with Gasteiger partial charge < -0.3 is 9.32 Å². The number of hydrogen-bond donors (Lipinski definition) is 0. The summed E-state index contributed by atoms with van der Waals surface area (Å²) >= 11 is 0. The highest BCUT2D eigenvalue weighted by molar-refractivity contribution is 7.89. The van der Waals surface area contributed by atoms with Crippen LogP contribution in [0.2, 0.25) is 0 Å². The van der Waals surface area contributed by atoms with Crippen molar-refractivity contribution in [2.24, 2.45) is 0 Å². The molecule has 0 fully saturated rings. The van der Waals surface area contributed by atoms with Gasteiger partial charge in [0.2, 0.25) is 15.9 Å². The number of halogens is 1. The summed E-state index contributed by atoms with van der Waals surface area (Å²) in [4.78, 5) is 15.2. The van der Waals surface area contributed by atoms with Crippen LogP contribution in [0.1, 0.15) is 24.7 Å². The lowest BCUT2D eigenvalue weighted by Gasteiger charge is -2.27. The van der Waals surface area contributed by atoms with Gasteiger partial charge in [-0.25, -0.2) is 12.8 Å². The zero-order valence-corrected chi connectivity index (χ0v) is 20.2. The standard InChI is InChI=1S/C27H27FN2O4S/c1-2-16-30(35(32,33)26-11-5-8-22-7-3-4-10-25(22)26)20-27(31)29(19-24-9-6-17-34-24)18-21-12-14-23(28)15-13-21/h3-15,17H,2,16,18-20H2,1H3. The number of amides is 1. The third-order valence-electron chi connectivity index (χ3n) is 5.72. The van der Waals surface area contributed by atoms with Gasteiger partial charge in [-0.2, -0.15) is 4.31 Å². The first kappa shape index (κ1) is 24.6. The fourth-order valence-electron chi connectivity index (χ4n) is 3.98. The first-order chi connectivity index (χ1) is 16.9. The van der Waals surface area contributed by atoms with Gasteiger partial charge in [0, 0.05) is 18.5 Å². The lowest BCUT2D eigenvalue weighted by Crippen LogP contribution is -2.42. The van der Waals surface area contributed by atoms with Gasteiger partial charge >= 0.3 is 0 Å². The molecule has 182 valence electrons. The van der Waals surface area contributed by atoms with Crippen LogP contribution in [0.25, 0.3) is 10.8 Å². The Morgan fingerprint density at radius 2 is 1.66 bits per heavy atom. The van der Waals surface area contributed by atoms with Crippen molar-refractivity contribution in [1.29, 1.82) is 0 Å². The molecular weight excluding hydrogens is 467 g/mol. The van der Waals surface area contributed by atoms with Crippen molar-refractivity contribution in [1.82, 2.24) is 9.21 Å². The predicted molar refractivity (Wildman–Crippen MR) is 132 cm³/mol. The molecule has 0 spiro atoms. The third-order valence-corrected chi connectivity index (χ3v) is 7.62. The molecule has 1 heterocycles. The molecule has 0 atom stereocenters. The first-order valence-corrected chi connectivity index (χ1v) is 12.8. The van der Waals surface area contributed by atoms with Gasteiger partial charge in [-0.15, -0.1) is 0 Å². The van der Waals surface area contributed by atoms with E-state index in [4.69, 9.17) is 4.42 Å². The summed E-state index contributed by atoms with van der Waals surface area (Å²) in [6.07, 6.45) is 2.07. The number of carbonyl (C=O) groups is 1. The minimum Gasteiger partial charge on any atom is -0.467 e. The van der Waals surface area contributed by atoms with Crippen molar-refractivity contribution in [2.45, 2.75) is 31.3 Å². The Hall–Kier alpha value is -3.49. The SMILES string of the molecule is CCCN(CC(=O)N(Cc1ccc(F)cc1)Cc1ccco1)S(=O)(=O)c1cccc2ccccc12. The van der Waals surface area contributed by atoms with Crippen LogP contribution >= 0.6 is 0 Å². The van der Waals surface area contributed by atoms with Crippen LogP contribution in [0, 0.1) is 5.82 Å². The van der Waals surface area contributed by atoms with E-state index in [2.05, 4.69) is 0 Å². The van der Waals surface area contributed by atoms with Gasteiger partial charge in [0.05, 0.1) is 24.2 Å². The number of benzene rings is 3. The number of nitrogens with zero attached hydrogens (tertiary/aromatic N) is 2. The van der Waals surface area contributed by atoms with Crippen LogP contribution in [-0.4, -0.2) is 36.6 Å². The van der Waals surface area contributed by atoms with Crippen molar-refractivity contribution in [2.75, 3.05) is 13.1 Å². The molecule has 0 aliphatic heterocycles. The number of furan rings is 1. The molecule has 8 heteroatoms. The first-order valence-electron chi connectivity index (χ1n) is 11.4. The fourth-order valence-corrected chi connectivity index (χ4v) is 5.67. The predicted octanol–water partition coefficient (Wildman–Crippen LogP) is 5.20. The zero-order chi connectivity index (χ0) is 24.8. The fraction of sp³-hybridized carbons (Fsp3) is 0.222. The molecular formula is C27H27FN2O4S. The molecule has 4 aromatic rings. The largest absolute Gasteiger partial charge is 0.467 e. The van der Waals surface area contributed by atoms with Gasteiger partial charge in [0.15, 0.2) is 0 Å². The van der Waals surface area contributed by atoms with Crippen LogP contribution in [0.3, 0.4) is 0 Å². The monoisotopic (exact) mass is 494 g/mol. The average molecular weight is 495 g/mol. The second-order valence-corrected chi connectivity index (χ2v) is 10.2. The quantitative estimate of drug-likeness (QED) is 0.304. The molecule has 0 aliphatic carbocycles. The molecule has 0 aliphatic rings. The van der Waals surface area contributed by atoms with Crippen LogP contribution in [0.5, 0.6) is 0 Å². The molecule has 3 aromatic carbocycles. The molecule has 0 radical (unpaired) electrons. The molecule has 0 unspecified atom stereocenters. The van der Waals surface area contributed by atoms with Crippen molar-refractivity contribution < 1.29 is 22.0 Å². The number of hydrogen-bond acceptors (Lipinski definition) is 4. The second-order valence-electron chi connectivity index (χ2n) is 8.27. The second kappa shape index (κ2) is 10.8. The van der Waals surface area contributed by atoms with E-state index in [1.807, 2.05) is 25.1 Å². The Labute approximate surface area is 204 Å². The van der Waals surface area contributed by atoms with Crippen LogP contribution < -0.4 is 0 Å². The topological polar surface area (TPSA) is 70.8 Å². The summed E-state index contributed by atoms with van der Waals surface area (Å²) < 4.78 is 47.4. The number of sulfonamides is 1. The van der Waals surface area contributed by atoms with E-state index in [0.717, 1.165) is 10.9 Å². The highest BCUT2D eigenvalue weighted by atomic mass is 32.2. The molecule has 0 saturated heterocycles. The lowest BCUT2D eigenvalue weighted by molar-refractivity contribution is -0.133. The van der Waals surface area contributed by atoms with Crippen molar-refractivity contribution >= 4 is 26.7 Å². The Bertz CT molecular complexity index is 1380. The van der Waals surface area contributed by atoms with E-state index < -0.39 is 10.0 Å². The highest BCUT2D eigenvalue weighted by Crippen LogP contribution is 2.26. The molecule has 4 rings (SSSR count). The molecule has 35 heavy (non-hydrogen) atoms. The summed E-state index contributed by atoms with van der Waals surface area (Å²) in [5.74, 6) is -0.171. The maximum absolute atomic E-state index is 13.7. The normalized spacial score (nSPS) is 11.7. The van der Waals surface area contributed by atoms with Gasteiger partial charge in [-0.3, -0.25) is 4.79 Å². The smallest absolute Gasteiger partial charge is 0.244 e. The van der Waals surface area contributed by atoms with Crippen molar-refractivity contribution in [3.05, 3.63) is 102 Å². The van der Waals surface area contributed by atoms with Gasteiger partial charge in [0.25, 0.3) is 0 Å². The number of carbonyl (C=O) groups excluding carboxylic acids is 1. The van der Waals surface area contributed by atoms with Gasteiger partial charge in [-0.1, -0.05) is 55.5 Å². The van der Waals surface area contributed by atoms with E-state index in [1.165, 1.54) is 27.6 Å². The van der Waals surface area contributed by atoms with Crippen molar-refractivity contribution in [3.63, 3.8) is 0 Å². The summed E-state index contributed by atoms with van der Waals surface area (Å²) in [6.45, 7) is 2.10. The molecule has 1 aromatic heterocycles. The third kappa shape index (κ3) is 5.78. The number of fused-ring (bicyclic) bond motifs is 1. The summed E-state index contributed by atoms with van der Waals surface area (Å²) in [7, 11) is -3.95. The van der Waals surface area contributed by atoms with Gasteiger partial charge in [0.1, 0.15) is 11.6 Å². The van der Waals surface area contributed by atoms with Crippen LogP contribution in [0.15, 0.2) is 94.4 Å². The Morgan fingerprint density at radius 3 is 2.37 bits per heavy atom. The highest BCUT2D eigenvalue weighted by Gasteiger charge is 2.29. The Morgan fingerprint density at radius 1 is 0.914 bits per heavy atom. The van der Waals surface area contributed by atoms with Gasteiger partial charge in [-0.05, 0) is 47.7 Å². The van der Waals surface area contributed by atoms with E-state index in [-0.39, 0.29) is 42.8 Å². The van der Waals surface area contributed by atoms with Crippen molar-refractivity contribution in [3.8, 4) is 0 Å². The maximum atomic E-state index is 13.7. The Kier molecular flexibility index (Phi) is 7.63. The number of rotatable bonds is 10.